The Kier molecular flexibility index (Phi) is 4.29. The zero-order valence-electron chi connectivity index (χ0n) is 12.1. The van der Waals surface area contributed by atoms with Gasteiger partial charge in [0.25, 0.3) is 5.56 Å². The third kappa shape index (κ3) is 3.51. The quantitative estimate of drug-likeness (QED) is 0.769. The van der Waals surface area contributed by atoms with E-state index in [0.717, 1.165) is 4.68 Å². The summed E-state index contributed by atoms with van der Waals surface area (Å²) in [5.74, 6) is 0.0679. The molecule has 0 spiro atoms. The van der Waals surface area contributed by atoms with Crippen molar-refractivity contribution in [1.82, 2.24) is 15.0 Å². The molecule has 118 valence electrons. The molecular weight excluding hydrogens is 301 g/mol. The Labute approximate surface area is 130 Å². The van der Waals surface area contributed by atoms with Crippen molar-refractivity contribution in [1.29, 1.82) is 0 Å². The van der Waals surface area contributed by atoms with Gasteiger partial charge < -0.3 is 9.84 Å². The molecule has 0 fully saturated rings. The predicted octanol–water partition coefficient (Wildman–Crippen LogP) is 1.37. The Morgan fingerprint density at radius 2 is 1.91 bits per heavy atom. The summed E-state index contributed by atoms with van der Waals surface area (Å²) in [6.45, 7) is -0.0928. The van der Waals surface area contributed by atoms with Crippen molar-refractivity contribution in [3.05, 3.63) is 64.7 Å². The zero-order valence-corrected chi connectivity index (χ0v) is 12.1. The fourth-order valence-electron chi connectivity index (χ4n) is 2.12. The fraction of sp³-hybridized carbons (Fsp3) is 0.188. The van der Waals surface area contributed by atoms with Crippen LogP contribution in [-0.4, -0.2) is 32.8 Å². The predicted molar refractivity (Wildman–Crippen MR) is 81.7 cm³/mol. The highest BCUT2D eigenvalue weighted by molar-refractivity contribution is 5.76. The second kappa shape index (κ2) is 6.53. The van der Waals surface area contributed by atoms with Crippen molar-refractivity contribution in [2.24, 2.45) is 0 Å². The largest absolute Gasteiger partial charge is 0.491 e. The third-order valence-corrected chi connectivity index (χ3v) is 3.27. The lowest BCUT2D eigenvalue weighted by Gasteiger charge is -2.13. The summed E-state index contributed by atoms with van der Waals surface area (Å²) in [5, 5.41) is 18.2. The van der Waals surface area contributed by atoms with Gasteiger partial charge in [-0.3, -0.25) is 4.79 Å². The van der Waals surface area contributed by atoms with E-state index in [4.69, 9.17) is 4.74 Å². The van der Waals surface area contributed by atoms with E-state index >= 15 is 0 Å². The van der Waals surface area contributed by atoms with Crippen molar-refractivity contribution in [3.8, 4) is 5.75 Å². The standard InChI is InChI=1S/C16H14FN3O3/c17-11-5-7-13(8-6-11)23-10-12(21)9-20-16(22)14-3-1-2-4-15(14)18-19-20/h1-8,12,21H,9-10H2. The van der Waals surface area contributed by atoms with E-state index in [1.54, 1.807) is 24.3 Å². The first-order valence-electron chi connectivity index (χ1n) is 7.02. The van der Waals surface area contributed by atoms with Gasteiger partial charge in [-0.15, -0.1) is 5.10 Å². The van der Waals surface area contributed by atoms with Crippen LogP contribution < -0.4 is 10.3 Å². The molecule has 7 heteroatoms. The van der Waals surface area contributed by atoms with Crippen molar-refractivity contribution >= 4 is 10.9 Å². The fourth-order valence-corrected chi connectivity index (χ4v) is 2.12. The summed E-state index contributed by atoms with van der Waals surface area (Å²) in [6.07, 6.45) is -0.951. The number of aromatic nitrogens is 3. The van der Waals surface area contributed by atoms with E-state index < -0.39 is 6.10 Å². The van der Waals surface area contributed by atoms with Gasteiger partial charge in [0.15, 0.2) is 0 Å². The first kappa shape index (κ1) is 15.1. The molecule has 6 nitrogen and oxygen atoms in total. The molecule has 3 rings (SSSR count). The highest BCUT2D eigenvalue weighted by Crippen LogP contribution is 2.11. The van der Waals surface area contributed by atoms with E-state index in [2.05, 4.69) is 10.3 Å². The Morgan fingerprint density at radius 3 is 2.70 bits per heavy atom. The topological polar surface area (TPSA) is 77.2 Å². The van der Waals surface area contributed by atoms with Gasteiger partial charge in [0, 0.05) is 0 Å². The first-order valence-corrected chi connectivity index (χ1v) is 7.02. The Morgan fingerprint density at radius 1 is 1.17 bits per heavy atom. The number of hydrogen-bond donors (Lipinski definition) is 1. The lowest BCUT2D eigenvalue weighted by atomic mass is 10.2. The smallest absolute Gasteiger partial charge is 0.277 e. The molecule has 23 heavy (non-hydrogen) atoms. The number of aliphatic hydroxyl groups excluding tert-OH is 1. The van der Waals surface area contributed by atoms with Crippen molar-refractivity contribution in [2.75, 3.05) is 6.61 Å². The molecule has 1 heterocycles. The van der Waals surface area contributed by atoms with Crippen LogP contribution in [0.3, 0.4) is 0 Å². The number of benzene rings is 2. The molecule has 1 atom stereocenters. The van der Waals surface area contributed by atoms with E-state index in [-0.39, 0.29) is 24.5 Å². The Balaban J connectivity index is 1.68. The zero-order chi connectivity index (χ0) is 16.2. The van der Waals surface area contributed by atoms with E-state index in [1.165, 1.54) is 24.3 Å². The molecule has 0 aliphatic carbocycles. The molecule has 0 saturated carbocycles. The number of halogens is 1. The van der Waals surface area contributed by atoms with Crippen LogP contribution in [0.4, 0.5) is 4.39 Å². The first-order chi connectivity index (χ1) is 11.1. The summed E-state index contributed by atoms with van der Waals surface area (Å²) >= 11 is 0. The number of aliphatic hydroxyl groups is 1. The van der Waals surface area contributed by atoms with Gasteiger partial charge in [0.1, 0.15) is 29.8 Å². The van der Waals surface area contributed by atoms with E-state index in [0.29, 0.717) is 16.7 Å². The lowest BCUT2D eigenvalue weighted by Crippen LogP contribution is -2.32. The number of ether oxygens (including phenoxy) is 1. The average molecular weight is 315 g/mol. The monoisotopic (exact) mass is 315 g/mol. The van der Waals surface area contributed by atoms with Crippen LogP contribution in [0.2, 0.25) is 0 Å². The number of nitrogens with zero attached hydrogens (tertiary/aromatic N) is 3. The molecule has 1 unspecified atom stereocenters. The average Bonchev–Trinajstić information content (AvgIpc) is 2.57. The number of rotatable bonds is 5. The Hall–Kier alpha value is -2.80. The van der Waals surface area contributed by atoms with Crippen molar-refractivity contribution in [2.45, 2.75) is 12.6 Å². The van der Waals surface area contributed by atoms with Gasteiger partial charge in [-0.2, -0.15) is 0 Å². The van der Waals surface area contributed by atoms with E-state index in [1.807, 2.05) is 0 Å². The van der Waals surface area contributed by atoms with Gasteiger partial charge in [-0.1, -0.05) is 17.3 Å². The molecule has 0 amide bonds. The maximum atomic E-state index is 12.8. The molecule has 0 aliphatic rings. The van der Waals surface area contributed by atoms with Crippen LogP contribution in [-0.2, 0) is 6.54 Å². The summed E-state index contributed by atoms with van der Waals surface area (Å²) in [7, 11) is 0. The molecule has 3 aromatic rings. The van der Waals surface area contributed by atoms with Gasteiger partial charge in [0.2, 0.25) is 0 Å². The number of fused-ring (bicyclic) bond motifs is 1. The summed E-state index contributed by atoms with van der Waals surface area (Å²) < 4.78 is 19.2. The molecule has 2 aromatic carbocycles. The Bertz CT molecular complexity index is 864. The molecule has 1 aromatic heterocycles. The maximum Gasteiger partial charge on any atom is 0.277 e. The minimum absolute atomic E-state index is 0.0438. The molecule has 0 radical (unpaired) electrons. The molecule has 1 N–H and O–H groups in total. The van der Waals surface area contributed by atoms with Crippen molar-refractivity contribution in [3.63, 3.8) is 0 Å². The lowest BCUT2D eigenvalue weighted by molar-refractivity contribution is 0.0873. The second-order valence-corrected chi connectivity index (χ2v) is 5.01. The van der Waals surface area contributed by atoms with Gasteiger partial charge in [-0.25, -0.2) is 9.07 Å². The number of hydrogen-bond acceptors (Lipinski definition) is 5. The van der Waals surface area contributed by atoms with Crippen LogP contribution in [0.1, 0.15) is 0 Å². The molecule has 0 saturated heterocycles. The van der Waals surface area contributed by atoms with Crippen LogP contribution in [0.15, 0.2) is 53.3 Å². The summed E-state index contributed by atoms with van der Waals surface area (Å²) in [6, 6.07) is 12.3. The highest BCUT2D eigenvalue weighted by Gasteiger charge is 2.11. The highest BCUT2D eigenvalue weighted by atomic mass is 19.1. The normalized spacial score (nSPS) is 12.3. The van der Waals surface area contributed by atoms with Crippen molar-refractivity contribution < 1.29 is 14.2 Å². The van der Waals surface area contributed by atoms with Gasteiger partial charge in [0.05, 0.1) is 11.9 Å². The van der Waals surface area contributed by atoms with E-state index in [9.17, 15) is 14.3 Å². The van der Waals surface area contributed by atoms with Crippen LogP contribution in [0, 0.1) is 5.82 Å². The summed E-state index contributed by atoms with van der Waals surface area (Å²) in [4.78, 5) is 12.2. The minimum Gasteiger partial charge on any atom is -0.491 e. The molecule has 0 aliphatic heterocycles. The molecule has 0 bridgehead atoms. The molecular formula is C16H14FN3O3. The SMILES string of the molecule is O=c1c2ccccc2nnn1CC(O)COc1ccc(F)cc1. The van der Waals surface area contributed by atoms with Gasteiger partial charge in [-0.05, 0) is 36.4 Å². The van der Waals surface area contributed by atoms with Crippen LogP contribution in [0.5, 0.6) is 5.75 Å². The minimum atomic E-state index is -0.951. The van der Waals surface area contributed by atoms with Crippen LogP contribution in [0.25, 0.3) is 10.9 Å². The summed E-state index contributed by atoms with van der Waals surface area (Å²) in [5.41, 5.74) is 0.183. The van der Waals surface area contributed by atoms with Gasteiger partial charge >= 0.3 is 0 Å². The second-order valence-electron chi connectivity index (χ2n) is 5.01. The third-order valence-electron chi connectivity index (χ3n) is 3.27. The maximum absolute atomic E-state index is 12.8. The van der Waals surface area contributed by atoms with Crippen LogP contribution >= 0.6 is 0 Å².